The van der Waals surface area contributed by atoms with Crippen LogP contribution < -0.4 is 10.2 Å². The first-order chi connectivity index (χ1) is 11.4. The molecule has 24 heavy (non-hydrogen) atoms. The molecule has 3 rings (SSSR count). The van der Waals surface area contributed by atoms with Gasteiger partial charge in [0.25, 0.3) is 0 Å². The van der Waals surface area contributed by atoms with Crippen LogP contribution in [0, 0.1) is 0 Å². The van der Waals surface area contributed by atoms with Gasteiger partial charge in [-0.15, -0.1) is 0 Å². The minimum Gasteiger partial charge on any atom is -0.444 e. The standard InChI is InChI=1S/C19H25N3O2/c1-19(2,3)24-18(23)21-15-8-6-10-22(13-15)16-11-14-7-4-5-9-17(14)20-12-16/h4-5,7,9,11-12,15H,6,8,10,13H2,1-3H3,(H,21,23). The van der Waals surface area contributed by atoms with E-state index in [0.29, 0.717) is 0 Å². The van der Waals surface area contributed by atoms with Crippen molar-refractivity contribution in [2.45, 2.75) is 45.3 Å². The van der Waals surface area contributed by atoms with Gasteiger partial charge in [-0.3, -0.25) is 4.98 Å². The summed E-state index contributed by atoms with van der Waals surface area (Å²) in [6.45, 7) is 7.38. The molecule has 0 saturated carbocycles. The van der Waals surface area contributed by atoms with E-state index in [0.717, 1.165) is 42.5 Å². The van der Waals surface area contributed by atoms with Gasteiger partial charge in [0.05, 0.1) is 17.4 Å². The topological polar surface area (TPSA) is 54.5 Å². The van der Waals surface area contributed by atoms with Crippen LogP contribution in [0.3, 0.4) is 0 Å². The van der Waals surface area contributed by atoms with Crippen LogP contribution in [0.4, 0.5) is 10.5 Å². The molecule has 1 fully saturated rings. The fourth-order valence-electron chi connectivity index (χ4n) is 3.04. The molecule has 1 aromatic carbocycles. The van der Waals surface area contributed by atoms with Crippen molar-refractivity contribution in [2.24, 2.45) is 0 Å². The van der Waals surface area contributed by atoms with Crippen molar-refractivity contribution in [1.29, 1.82) is 0 Å². The highest BCUT2D eigenvalue weighted by Gasteiger charge is 2.24. The zero-order valence-electron chi connectivity index (χ0n) is 14.6. The minimum absolute atomic E-state index is 0.0973. The van der Waals surface area contributed by atoms with E-state index in [1.54, 1.807) is 0 Å². The Balaban J connectivity index is 1.67. The van der Waals surface area contributed by atoms with E-state index in [1.807, 2.05) is 45.2 Å². The van der Waals surface area contributed by atoms with Crippen LogP contribution in [-0.2, 0) is 4.74 Å². The van der Waals surface area contributed by atoms with E-state index in [9.17, 15) is 4.79 Å². The summed E-state index contributed by atoms with van der Waals surface area (Å²) in [7, 11) is 0. The number of piperidine rings is 1. The molecule has 1 unspecified atom stereocenters. The number of para-hydroxylation sites is 1. The lowest BCUT2D eigenvalue weighted by atomic mass is 10.0. The van der Waals surface area contributed by atoms with Gasteiger partial charge in [0.15, 0.2) is 0 Å². The number of amides is 1. The minimum atomic E-state index is -0.472. The summed E-state index contributed by atoms with van der Waals surface area (Å²) in [6, 6.07) is 10.4. The Bertz CT molecular complexity index is 724. The van der Waals surface area contributed by atoms with E-state index >= 15 is 0 Å². The highest BCUT2D eigenvalue weighted by molar-refractivity contribution is 5.81. The number of alkyl carbamates (subject to hydrolysis) is 1. The van der Waals surface area contributed by atoms with Gasteiger partial charge in [0.1, 0.15) is 5.60 Å². The van der Waals surface area contributed by atoms with Crippen molar-refractivity contribution in [2.75, 3.05) is 18.0 Å². The quantitative estimate of drug-likeness (QED) is 0.913. The van der Waals surface area contributed by atoms with Crippen molar-refractivity contribution in [3.05, 3.63) is 36.5 Å². The molecule has 0 radical (unpaired) electrons. The smallest absolute Gasteiger partial charge is 0.407 e. The SMILES string of the molecule is CC(C)(C)OC(=O)NC1CCCN(c2cnc3ccccc3c2)C1. The van der Waals surface area contributed by atoms with Crippen LogP contribution in [-0.4, -0.2) is 35.8 Å². The van der Waals surface area contributed by atoms with Gasteiger partial charge < -0.3 is 15.0 Å². The van der Waals surface area contributed by atoms with Crippen LogP contribution in [0.2, 0.25) is 0 Å². The van der Waals surface area contributed by atoms with E-state index in [4.69, 9.17) is 4.74 Å². The number of rotatable bonds is 2. The Kier molecular flexibility index (Phi) is 4.60. The molecule has 2 aromatic rings. The molecular formula is C19H25N3O2. The lowest BCUT2D eigenvalue weighted by molar-refractivity contribution is 0.0500. The van der Waals surface area contributed by atoms with Crippen molar-refractivity contribution in [1.82, 2.24) is 10.3 Å². The maximum Gasteiger partial charge on any atom is 0.407 e. The summed E-state index contributed by atoms with van der Waals surface area (Å²) in [5, 5.41) is 4.13. The summed E-state index contributed by atoms with van der Waals surface area (Å²) < 4.78 is 5.36. The molecule has 0 bridgehead atoms. The van der Waals surface area contributed by atoms with Crippen LogP contribution in [0.15, 0.2) is 36.5 Å². The molecule has 128 valence electrons. The molecule has 1 aliphatic rings. The molecule has 0 spiro atoms. The summed E-state index contributed by atoms with van der Waals surface area (Å²) in [4.78, 5) is 18.8. The van der Waals surface area contributed by atoms with Gasteiger partial charge in [-0.25, -0.2) is 4.79 Å². The van der Waals surface area contributed by atoms with Crippen molar-refractivity contribution in [3.8, 4) is 0 Å². The summed E-state index contributed by atoms with van der Waals surface area (Å²) >= 11 is 0. The van der Waals surface area contributed by atoms with Crippen molar-refractivity contribution < 1.29 is 9.53 Å². The predicted octanol–water partition coefficient (Wildman–Crippen LogP) is 3.73. The molecule has 1 atom stereocenters. The first-order valence-electron chi connectivity index (χ1n) is 8.50. The first-order valence-corrected chi connectivity index (χ1v) is 8.50. The molecule has 0 aliphatic carbocycles. The number of anilines is 1. The molecule has 1 aliphatic heterocycles. The Morgan fingerprint density at radius 3 is 2.92 bits per heavy atom. The van der Waals surface area contributed by atoms with Crippen molar-refractivity contribution in [3.63, 3.8) is 0 Å². The van der Waals surface area contributed by atoms with E-state index in [-0.39, 0.29) is 12.1 Å². The Labute approximate surface area is 143 Å². The van der Waals surface area contributed by atoms with E-state index in [1.165, 1.54) is 0 Å². The number of hydrogen-bond donors (Lipinski definition) is 1. The molecule has 1 N–H and O–H groups in total. The van der Waals surface area contributed by atoms with Gasteiger partial charge in [0.2, 0.25) is 0 Å². The van der Waals surface area contributed by atoms with Gasteiger partial charge in [0, 0.05) is 24.5 Å². The van der Waals surface area contributed by atoms with Gasteiger partial charge in [-0.1, -0.05) is 18.2 Å². The Morgan fingerprint density at radius 1 is 1.33 bits per heavy atom. The van der Waals surface area contributed by atoms with Crippen molar-refractivity contribution >= 4 is 22.7 Å². The molecule has 1 aromatic heterocycles. The molecule has 5 nitrogen and oxygen atoms in total. The van der Waals surface area contributed by atoms with Gasteiger partial charge in [-0.2, -0.15) is 0 Å². The highest BCUT2D eigenvalue weighted by Crippen LogP contribution is 2.23. The third-order valence-corrected chi connectivity index (χ3v) is 4.08. The number of benzene rings is 1. The monoisotopic (exact) mass is 327 g/mol. The number of aromatic nitrogens is 1. The zero-order valence-corrected chi connectivity index (χ0v) is 14.6. The predicted molar refractivity (Wildman–Crippen MR) is 96.3 cm³/mol. The molecule has 1 amide bonds. The van der Waals surface area contributed by atoms with E-state index < -0.39 is 5.60 Å². The fourth-order valence-corrected chi connectivity index (χ4v) is 3.04. The maximum absolute atomic E-state index is 12.0. The number of ether oxygens (including phenoxy) is 1. The fraction of sp³-hybridized carbons (Fsp3) is 0.474. The summed E-state index contributed by atoms with van der Waals surface area (Å²) in [5.74, 6) is 0. The third-order valence-electron chi connectivity index (χ3n) is 4.08. The van der Waals surface area contributed by atoms with Crippen LogP contribution >= 0.6 is 0 Å². The average Bonchev–Trinajstić information content (AvgIpc) is 2.53. The lowest BCUT2D eigenvalue weighted by Gasteiger charge is -2.35. The third kappa shape index (κ3) is 4.16. The first kappa shape index (κ1) is 16.6. The molecule has 2 heterocycles. The Morgan fingerprint density at radius 2 is 2.12 bits per heavy atom. The number of carbonyl (C=O) groups excluding carboxylic acids is 1. The van der Waals surface area contributed by atoms with Crippen LogP contribution in [0.25, 0.3) is 10.9 Å². The largest absolute Gasteiger partial charge is 0.444 e. The second-order valence-electron chi connectivity index (χ2n) is 7.32. The zero-order chi connectivity index (χ0) is 17.2. The number of hydrogen-bond acceptors (Lipinski definition) is 4. The molecule has 5 heteroatoms. The highest BCUT2D eigenvalue weighted by atomic mass is 16.6. The van der Waals surface area contributed by atoms with Gasteiger partial charge >= 0.3 is 6.09 Å². The Hall–Kier alpha value is -2.30. The second kappa shape index (κ2) is 6.67. The second-order valence-corrected chi connectivity index (χ2v) is 7.32. The van der Waals surface area contributed by atoms with Crippen LogP contribution in [0.1, 0.15) is 33.6 Å². The maximum atomic E-state index is 12.0. The number of fused-ring (bicyclic) bond motifs is 1. The summed E-state index contributed by atoms with van der Waals surface area (Å²) in [5.41, 5.74) is 1.63. The number of carbonyl (C=O) groups is 1. The normalized spacial score (nSPS) is 18.5. The average molecular weight is 327 g/mol. The van der Waals surface area contributed by atoms with Gasteiger partial charge in [-0.05, 0) is 45.7 Å². The molecular weight excluding hydrogens is 302 g/mol. The molecule has 1 saturated heterocycles. The number of nitrogens with one attached hydrogen (secondary N) is 1. The lowest BCUT2D eigenvalue weighted by Crippen LogP contribution is -2.49. The van der Waals surface area contributed by atoms with Crippen LogP contribution in [0.5, 0.6) is 0 Å². The number of pyridine rings is 1. The van der Waals surface area contributed by atoms with E-state index in [2.05, 4.69) is 27.3 Å². The summed E-state index contributed by atoms with van der Waals surface area (Å²) in [6.07, 6.45) is 3.58. The number of nitrogens with zero attached hydrogens (tertiary/aromatic N) is 2.